The van der Waals surface area contributed by atoms with Gasteiger partial charge in [-0.1, -0.05) is 25.1 Å². The minimum atomic E-state index is -0.0966. The number of para-hydroxylation sites is 1. The highest BCUT2D eigenvalue weighted by molar-refractivity contribution is 5.70. The quantitative estimate of drug-likeness (QED) is 0.838. The minimum Gasteiger partial charge on any atom is -0.469 e. The molecule has 1 aromatic rings. The summed E-state index contributed by atoms with van der Waals surface area (Å²) >= 11 is 0. The zero-order valence-electron chi connectivity index (χ0n) is 15.3. The van der Waals surface area contributed by atoms with Crippen LogP contribution in [0.4, 0.5) is 5.69 Å². The van der Waals surface area contributed by atoms with Gasteiger partial charge in [0.25, 0.3) is 0 Å². The Morgan fingerprint density at radius 2 is 2.20 bits per heavy atom. The molecule has 1 aromatic carbocycles. The maximum absolute atomic E-state index is 11.7. The van der Waals surface area contributed by atoms with Crippen LogP contribution in [0.1, 0.15) is 50.5 Å². The van der Waals surface area contributed by atoms with Gasteiger partial charge in [-0.25, -0.2) is 0 Å². The molecule has 1 saturated heterocycles. The second-order valence-electron chi connectivity index (χ2n) is 7.56. The summed E-state index contributed by atoms with van der Waals surface area (Å²) in [6.45, 7) is 4.52. The number of nitrogens with one attached hydrogen (secondary N) is 1. The van der Waals surface area contributed by atoms with E-state index >= 15 is 0 Å². The summed E-state index contributed by atoms with van der Waals surface area (Å²) in [5.74, 6) is 1.43. The van der Waals surface area contributed by atoms with Crippen molar-refractivity contribution in [3.63, 3.8) is 0 Å². The highest BCUT2D eigenvalue weighted by atomic mass is 16.5. The molecule has 3 heterocycles. The molecule has 0 bridgehead atoms. The minimum absolute atomic E-state index is 0.0966. The number of carbonyl (C=O) groups is 1. The van der Waals surface area contributed by atoms with Crippen LogP contribution in [-0.4, -0.2) is 31.1 Å². The average Bonchev–Trinajstić information content (AvgIpc) is 3.04. The Morgan fingerprint density at radius 3 is 3.00 bits per heavy atom. The van der Waals surface area contributed by atoms with Gasteiger partial charge in [-0.2, -0.15) is 0 Å². The Hall–Kier alpha value is -1.97. The van der Waals surface area contributed by atoms with Crippen LogP contribution < -0.4 is 5.32 Å². The van der Waals surface area contributed by atoms with Crippen molar-refractivity contribution in [2.75, 3.05) is 25.5 Å². The zero-order valence-corrected chi connectivity index (χ0v) is 15.3. The lowest BCUT2D eigenvalue weighted by Gasteiger charge is -2.46. The topological polar surface area (TPSA) is 41.6 Å². The van der Waals surface area contributed by atoms with Crippen molar-refractivity contribution in [2.24, 2.45) is 11.8 Å². The molecule has 25 heavy (non-hydrogen) atoms. The van der Waals surface area contributed by atoms with Gasteiger partial charge in [0, 0.05) is 48.4 Å². The normalized spacial score (nSPS) is 27.3. The van der Waals surface area contributed by atoms with Crippen LogP contribution >= 0.6 is 0 Å². The first kappa shape index (κ1) is 16.5. The lowest BCUT2D eigenvalue weighted by atomic mass is 9.75. The van der Waals surface area contributed by atoms with E-state index in [1.807, 2.05) is 0 Å². The Bertz CT molecular complexity index is 697. The first-order valence-corrected chi connectivity index (χ1v) is 9.64. The third-order valence-electron chi connectivity index (χ3n) is 6.23. The number of carbonyl (C=O) groups excluding carboxylic acids is 1. The molecular formula is C21H28N2O2. The van der Waals surface area contributed by atoms with Gasteiger partial charge in [0.1, 0.15) is 0 Å². The number of hydrogen-bond acceptors (Lipinski definition) is 4. The van der Waals surface area contributed by atoms with Crippen molar-refractivity contribution in [3.8, 4) is 0 Å². The number of benzene rings is 1. The summed E-state index contributed by atoms with van der Waals surface area (Å²) in [5, 5.41) is 3.75. The molecule has 0 aromatic heterocycles. The molecular weight excluding hydrogens is 312 g/mol. The predicted octanol–water partition coefficient (Wildman–Crippen LogP) is 4.11. The van der Waals surface area contributed by atoms with Gasteiger partial charge in [-0.3, -0.25) is 4.79 Å². The van der Waals surface area contributed by atoms with Crippen molar-refractivity contribution < 1.29 is 9.53 Å². The van der Waals surface area contributed by atoms with E-state index in [4.69, 9.17) is 4.74 Å². The maximum Gasteiger partial charge on any atom is 0.305 e. The molecule has 0 amide bonds. The van der Waals surface area contributed by atoms with Crippen molar-refractivity contribution in [1.29, 1.82) is 0 Å². The van der Waals surface area contributed by atoms with Crippen molar-refractivity contribution in [2.45, 2.75) is 44.9 Å². The fourth-order valence-electron chi connectivity index (χ4n) is 5.05. The lowest BCUT2D eigenvalue weighted by Crippen LogP contribution is -2.44. The number of fused-ring (bicyclic) bond motifs is 4. The number of esters is 1. The Labute approximate surface area is 150 Å². The van der Waals surface area contributed by atoms with Gasteiger partial charge in [0.15, 0.2) is 0 Å². The summed E-state index contributed by atoms with van der Waals surface area (Å²) in [6.07, 6.45) is 5.16. The third-order valence-corrected chi connectivity index (χ3v) is 6.23. The van der Waals surface area contributed by atoms with E-state index in [-0.39, 0.29) is 5.97 Å². The van der Waals surface area contributed by atoms with Crippen molar-refractivity contribution >= 4 is 11.7 Å². The van der Waals surface area contributed by atoms with E-state index in [0.29, 0.717) is 24.2 Å². The molecule has 134 valence electrons. The van der Waals surface area contributed by atoms with Gasteiger partial charge in [-0.15, -0.1) is 0 Å². The molecule has 0 saturated carbocycles. The molecule has 4 rings (SSSR count). The number of methoxy groups -OCH3 is 1. The number of anilines is 1. The summed E-state index contributed by atoms with van der Waals surface area (Å²) in [6, 6.07) is 8.68. The first-order chi connectivity index (χ1) is 12.2. The molecule has 0 spiro atoms. The molecule has 1 N–H and O–H groups in total. The molecule has 4 nitrogen and oxygen atoms in total. The van der Waals surface area contributed by atoms with E-state index in [1.165, 1.54) is 43.3 Å². The second-order valence-corrected chi connectivity index (χ2v) is 7.56. The maximum atomic E-state index is 11.7. The molecule has 3 atom stereocenters. The average molecular weight is 340 g/mol. The molecule has 4 heteroatoms. The van der Waals surface area contributed by atoms with E-state index in [9.17, 15) is 4.79 Å². The van der Waals surface area contributed by atoms with E-state index in [2.05, 4.69) is 41.4 Å². The van der Waals surface area contributed by atoms with Crippen LogP contribution in [0.2, 0.25) is 0 Å². The number of allylic oxidation sites excluding steroid dienone is 2. The Balaban J connectivity index is 1.72. The highest BCUT2D eigenvalue weighted by Crippen LogP contribution is 2.51. The standard InChI is InChI=1S/C21H28N2O2/c1-3-14-7-6-12-23-13-15(10-11-18(24)25-2)19-16-8-4-5-9-17(16)22-20(19)21(14)23/h4-5,8-9,14-15,19,22H,3,6-7,10-13H2,1-2H3/t14-,15?,19?/m1/s1. The number of ether oxygens (including phenoxy) is 1. The van der Waals surface area contributed by atoms with Gasteiger partial charge >= 0.3 is 5.97 Å². The van der Waals surface area contributed by atoms with Crippen LogP contribution in [0.5, 0.6) is 0 Å². The SMILES string of the molecule is CC[C@@H]1CCCN2CC(CCC(=O)OC)C3C(=C12)Nc1ccccc13. The predicted molar refractivity (Wildman–Crippen MR) is 99.2 cm³/mol. The molecule has 3 aliphatic rings. The van der Waals surface area contributed by atoms with E-state index in [1.54, 1.807) is 5.70 Å². The third kappa shape index (κ3) is 2.82. The van der Waals surface area contributed by atoms with Gasteiger partial charge in [0.05, 0.1) is 7.11 Å². The van der Waals surface area contributed by atoms with Crippen LogP contribution in [0.3, 0.4) is 0 Å². The summed E-state index contributed by atoms with van der Waals surface area (Å²) in [5.41, 5.74) is 5.61. The van der Waals surface area contributed by atoms with Crippen LogP contribution in [-0.2, 0) is 9.53 Å². The molecule has 3 aliphatic heterocycles. The molecule has 1 fully saturated rings. The summed E-state index contributed by atoms with van der Waals surface area (Å²) in [4.78, 5) is 14.3. The van der Waals surface area contributed by atoms with Gasteiger partial charge in [0.2, 0.25) is 0 Å². The number of hydrogen-bond donors (Lipinski definition) is 1. The number of piperidine rings is 1. The second kappa shape index (κ2) is 6.74. The fourth-order valence-corrected chi connectivity index (χ4v) is 5.05. The first-order valence-electron chi connectivity index (χ1n) is 9.64. The highest BCUT2D eigenvalue weighted by Gasteiger charge is 2.43. The van der Waals surface area contributed by atoms with Crippen LogP contribution in [0.25, 0.3) is 0 Å². The summed E-state index contributed by atoms with van der Waals surface area (Å²) in [7, 11) is 1.48. The number of rotatable bonds is 4. The van der Waals surface area contributed by atoms with Crippen molar-refractivity contribution in [1.82, 2.24) is 4.90 Å². The Kier molecular flexibility index (Phi) is 4.45. The zero-order chi connectivity index (χ0) is 17.4. The largest absolute Gasteiger partial charge is 0.469 e. The van der Waals surface area contributed by atoms with Crippen LogP contribution in [0, 0.1) is 11.8 Å². The summed E-state index contributed by atoms with van der Waals surface area (Å²) < 4.78 is 4.88. The van der Waals surface area contributed by atoms with Crippen molar-refractivity contribution in [3.05, 3.63) is 41.2 Å². The Morgan fingerprint density at radius 1 is 1.36 bits per heavy atom. The smallest absolute Gasteiger partial charge is 0.305 e. The monoisotopic (exact) mass is 340 g/mol. The van der Waals surface area contributed by atoms with E-state index in [0.717, 1.165) is 19.5 Å². The fraction of sp³-hybridized carbons (Fsp3) is 0.571. The number of nitrogens with zero attached hydrogens (tertiary/aromatic N) is 1. The lowest BCUT2D eigenvalue weighted by molar-refractivity contribution is -0.141. The van der Waals surface area contributed by atoms with Crippen LogP contribution in [0.15, 0.2) is 35.7 Å². The van der Waals surface area contributed by atoms with Gasteiger partial charge in [-0.05, 0) is 43.2 Å². The molecule has 0 radical (unpaired) electrons. The van der Waals surface area contributed by atoms with Gasteiger partial charge < -0.3 is 15.0 Å². The molecule has 2 unspecified atom stereocenters. The van der Waals surface area contributed by atoms with E-state index < -0.39 is 0 Å². The molecule has 0 aliphatic carbocycles.